The average Bonchev–Trinajstić information content (AvgIpc) is 3.34. The van der Waals surface area contributed by atoms with E-state index >= 15 is 0 Å². The molecule has 0 radical (unpaired) electrons. The van der Waals surface area contributed by atoms with Gasteiger partial charge in [0.1, 0.15) is 11.6 Å². The lowest BCUT2D eigenvalue weighted by molar-refractivity contribution is 0.194. The number of H-pyrrole nitrogens is 1. The number of aliphatic hydroxyl groups excluding tert-OH is 1. The Morgan fingerprint density at radius 3 is 2.52 bits per heavy atom. The Morgan fingerprint density at radius 2 is 1.81 bits per heavy atom. The van der Waals surface area contributed by atoms with Crippen molar-refractivity contribution in [2.75, 3.05) is 38.7 Å². The summed E-state index contributed by atoms with van der Waals surface area (Å²) in [5.41, 5.74) is 2.43. The minimum absolute atomic E-state index is 0.0685. The number of carbonyl (C=O) groups is 1. The summed E-state index contributed by atoms with van der Waals surface area (Å²) in [6.07, 6.45) is 0.770. The number of hydrogen-bond acceptors (Lipinski definition) is 5. The number of benzene rings is 3. The molecule has 222 valence electrons. The number of sulfonamides is 1. The molecule has 1 aliphatic rings. The topological polar surface area (TPSA) is 115 Å². The first-order valence-electron chi connectivity index (χ1n) is 13.9. The Hall–Kier alpha value is -3.93. The highest BCUT2D eigenvalue weighted by atomic mass is 32.2. The van der Waals surface area contributed by atoms with Crippen molar-refractivity contribution >= 4 is 32.6 Å². The monoisotopic (exact) mass is 594 g/mol. The van der Waals surface area contributed by atoms with Crippen LogP contribution in [0, 0.1) is 5.82 Å². The number of aromatic amines is 1. The van der Waals surface area contributed by atoms with E-state index in [2.05, 4.69) is 10.3 Å². The smallest absolute Gasteiger partial charge is 0.321 e. The quantitative estimate of drug-likeness (QED) is 0.303. The molecule has 11 heteroatoms. The molecule has 42 heavy (non-hydrogen) atoms. The fraction of sp³-hybridized carbons (Fsp3) is 0.323. The minimum Gasteiger partial charge on any atom is -0.497 e. The number of aromatic nitrogens is 1. The van der Waals surface area contributed by atoms with Gasteiger partial charge in [-0.15, -0.1) is 0 Å². The number of para-hydroxylation sites is 1. The van der Waals surface area contributed by atoms with Crippen molar-refractivity contribution in [2.45, 2.75) is 36.6 Å². The molecule has 3 aromatic carbocycles. The highest BCUT2D eigenvalue weighted by Crippen LogP contribution is 2.35. The Balaban J connectivity index is 1.58. The number of urea groups is 1. The first kappa shape index (κ1) is 29.6. The Morgan fingerprint density at radius 1 is 1.07 bits per heavy atom. The summed E-state index contributed by atoms with van der Waals surface area (Å²) < 4.78 is 49.1. The molecule has 0 spiro atoms. The van der Waals surface area contributed by atoms with Crippen molar-refractivity contribution < 1.29 is 27.4 Å². The molecule has 1 aromatic heterocycles. The lowest BCUT2D eigenvalue weighted by atomic mass is 9.93. The molecule has 0 fully saturated rings. The van der Waals surface area contributed by atoms with Crippen LogP contribution in [0.15, 0.2) is 77.7 Å². The van der Waals surface area contributed by atoms with E-state index < -0.39 is 33.8 Å². The van der Waals surface area contributed by atoms with Gasteiger partial charge in [-0.3, -0.25) is 0 Å². The van der Waals surface area contributed by atoms with Crippen molar-refractivity contribution in [3.8, 4) is 5.75 Å². The zero-order valence-corrected chi connectivity index (χ0v) is 24.4. The van der Waals surface area contributed by atoms with Gasteiger partial charge in [0.25, 0.3) is 0 Å². The second-order valence-electron chi connectivity index (χ2n) is 10.4. The number of aliphatic hydroxyl groups is 1. The third-order valence-electron chi connectivity index (χ3n) is 7.94. The van der Waals surface area contributed by atoms with E-state index in [1.54, 1.807) is 61.4 Å². The fourth-order valence-corrected chi connectivity index (χ4v) is 7.39. The third-order valence-corrected chi connectivity index (χ3v) is 9.94. The summed E-state index contributed by atoms with van der Waals surface area (Å²) in [5, 5.41) is 14.2. The van der Waals surface area contributed by atoms with Crippen molar-refractivity contribution in [3.63, 3.8) is 0 Å². The highest BCUT2D eigenvalue weighted by Gasteiger charge is 2.36. The number of amides is 2. The average molecular weight is 595 g/mol. The van der Waals surface area contributed by atoms with E-state index in [0.29, 0.717) is 30.8 Å². The van der Waals surface area contributed by atoms with Crippen LogP contribution in [-0.2, 0) is 16.4 Å². The van der Waals surface area contributed by atoms with Crippen molar-refractivity contribution in [1.29, 1.82) is 0 Å². The lowest BCUT2D eigenvalue weighted by Crippen LogP contribution is -2.44. The first-order valence-corrected chi connectivity index (χ1v) is 15.3. The van der Waals surface area contributed by atoms with Gasteiger partial charge in [-0.05, 0) is 61.7 Å². The predicted octanol–water partition coefficient (Wildman–Crippen LogP) is 4.95. The van der Waals surface area contributed by atoms with E-state index in [4.69, 9.17) is 4.74 Å². The number of methoxy groups -OCH3 is 1. The highest BCUT2D eigenvalue weighted by molar-refractivity contribution is 7.89. The molecule has 2 amide bonds. The van der Waals surface area contributed by atoms with Crippen LogP contribution in [0.5, 0.6) is 5.75 Å². The van der Waals surface area contributed by atoms with Gasteiger partial charge in [0, 0.05) is 54.3 Å². The van der Waals surface area contributed by atoms with Crippen LogP contribution in [0.2, 0.25) is 0 Å². The molecule has 2 heterocycles. The summed E-state index contributed by atoms with van der Waals surface area (Å²) in [7, 11) is -2.37. The molecular formula is C31H35FN4O5S. The van der Waals surface area contributed by atoms with Crippen LogP contribution in [0.1, 0.15) is 30.5 Å². The molecule has 2 unspecified atom stereocenters. The molecule has 9 nitrogen and oxygen atoms in total. The number of fused-ring (bicyclic) bond motifs is 3. The SMILES string of the molecule is COc1ccc2c3c([nH]c2c1)C(CO)C(C)N(S(=O)(=O)c1ccccc1)CCCN(C(=O)Nc1ccccc1F)CC3. The Labute approximate surface area is 245 Å². The van der Waals surface area contributed by atoms with Crippen molar-refractivity contribution in [1.82, 2.24) is 14.2 Å². The maximum absolute atomic E-state index is 14.4. The number of rotatable bonds is 5. The lowest BCUT2D eigenvalue weighted by Gasteiger charge is -2.33. The second kappa shape index (κ2) is 12.5. The summed E-state index contributed by atoms with van der Waals surface area (Å²) in [4.78, 5) is 18.6. The zero-order valence-electron chi connectivity index (χ0n) is 23.6. The molecule has 0 bridgehead atoms. The van der Waals surface area contributed by atoms with E-state index in [-0.39, 0.29) is 30.3 Å². The molecule has 4 aromatic rings. The summed E-state index contributed by atoms with van der Waals surface area (Å²) in [6, 6.07) is 18.7. The fourth-order valence-electron chi connectivity index (χ4n) is 5.66. The van der Waals surface area contributed by atoms with Gasteiger partial charge in [0.15, 0.2) is 0 Å². The van der Waals surface area contributed by atoms with Crippen LogP contribution < -0.4 is 10.1 Å². The van der Waals surface area contributed by atoms with Gasteiger partial charge in [-0.1, -0.05) is 30.3 Å². The molecule has 3 N–H and O–H groups in total. The number of ether oxygens (including phenoxy) is 1. The third kappa shape index (κ3) is 5.85. The molecule has 1 aliphatic heterocycles. The molecule has 5 rings (SSSR count). The van der Waals surface area contributed by atoms with E-state index in [9.17, 15) is 22.7 Å². The van der Waals surface area contributed by atoms with Gasteiger partial charge in [-0.2, -0.15) is 4.31 Å². The molecular weight excluding hydrogens is 559 g/mol. The molecule has 0 aliphatic carbocycles. The molecule has 0 saturated heterocycles. The van der Waals surface area contributed by atoms with Crippen LogP contribution in [0.3, 0.4) is 0 Å². The van der Waals surface area contributed by atoms with Crippen molar-refractivity contribution in [2.24, 2.45) is 0 Å². The maximum atomic E-state index is 14.4. The van der Waals surface area contributed by atoms with E-state index in [1.807, 2.05) is 18.2 Å². The molecule has 2 atom stereocenters. The van der Waals surface area contributed by atoms with Crippen molar-refractivity contribution in [3.05, 3.63) is 89.9 Å². The van der Waals surface area contributed by atoms with Crippen LogP contribution in [0.4, 0.5) is 14.9 Å². The predicted molar refractivity (Wildman–Crippen MR) is 160 cm³/mol. The molecule has 0 saturated carbocycles. The van der Waals surface area contributed by atoms with Gasteiger partial charge in [0.2, 0.25) is 10.0 Å². The number of carbonyl (C=O) groups excluding carboxylic acids is 1. The second-order valence-corrected chi connectivity index (χ2v) is 12.3. The van der Waals surface area contributed by atoms with Gasteiger partial charge in [-0.25, -0.2) is 17.6 Å². The number of halogens is 1. The van der Waals surface area contributed by atoms with Crippen LogP contribution >= 0.6 is 0 Å². The van der Waals surface area contributed by atoms with Gasteiger partial charge >= 0.3 is 6.03 Å². The Bertz CT molecular complexity index is 1660. The summed E-state index contributed by atoms with van der Waals surface area (Å²) in [5.74, 6) is -0.470. The van der Waals surface area contributed by atoms with E-state index in [1.165, 1.54) is 16.4 Å². The number of anilines is 1. The minimum atomic E-state index is -3.95. The number of nitrogens with one attached hydrogen (secondary N) is 2. The van der Waals surface area contributed by atoms with Crippen LogP contribution in [-0.4, -0.2) is 73.1 Å². The maximum Gasteiger partial charge on any atom is 0.321 e. The number of hydrogen-bond donors (Lipinski definition) is 3. The van der Waals surface area contributed by atoms with E-state index in [0.717, 1.165) is 16.5 Å². The normalized spacial score (nSPS) is 18.7. The summed E-state index contributed by atoms with van der Waals surface area (Å²) >= 11 is 0. The van der Waals surface area contributed by atoms with Gasteiger partial charge < -0.3 is 25.0 Å². The zero-order chi connectivity index (χ0) is 29.9. The van der Waals surface area contributed by atoms with Crippen LogP contribution in [0.25, 0.3) is 10.9 Å². The number of nitrogens with zero attached hydrogens (tertiary/aromatic N) is 2. The first-order chi connectivity index (χ1) is 20.2. The largest absolute Gasteiger partial charge is 0.497 e. The summed E-state index contributed by atoms with van der Waals surface area (Å²) in [6.45, 7) is 2.16. The standard InChI is InChI=1S/C31H35FN4O5S/c1-21-26(20-37)30-25(24-14-13-22(41-2)19-29(24)33-30)15-18-35(31(38)34-28-12-7-6-11-27(28)32)16-8-17-36(21)42(39,40)23-9-4-3-5-10-23/h3-7,9-14,19,21,26,33,37H,8,15-18,20H2,1-2H3,(H,34,38). The van der Waals surface area contributed by atoms with Gasteiger partial charge in [0.05, 0.1) is 24.3 Å². The Kier molecular flexibility index (Phi) is 8.81.